The average Bonchev–Trinajstić information content (AvgIpc) is 3.14. The van der Waals surface area contributed by atoms with Gasteiger partial charge >= 0.3 is 5.97 Å². The Kier molecular flexibility index (Phi) is 5.17. The molecule has 0 unspecified atom stereocenters. The third-order valence-corrected chi connectivity index (χ3v) is 3.78. The highest BCUT2D eigenvalue weighted by Crippen LogP contribution is 2.16. The summed E-state index contributed by atoms with van der Waals surface area (Å²) in [6.07, 6.45) is 1.55. The standard InChI is InChI=1S/C19H19N3O4/c1-3-25-19(24)18-15(20-12-14-8-6-10-26-14)11-17(23)22(21-18)16-9-5-4-7-13(16)2/h4-11,20H,3,12H2,1-2H3. The van der Waals surface area contributed by atoms with E-state index in [0.717, 1.165) is 5.56 Å². The van der Waals surface area contributed by atoms with Crippen LogP contribution in [-0.2, 0) is 11.3 Å². The molecule has 2 aromatic heterocycles. The highest BCUT2D eigenvalue weighted by Gasteiger charge is 2.19. The minimum Gasteiger partial charge on any atom is -0.467 e. The lowest BCUT2D eigenvalue weighted by molar-refractivity contribution is 0.0518. The third kappa shape index (κ3) is 3.66. The van der Waals surface area contributed by atoms with Crippen LogP contribution in [0.2, 0.25) is 0 Å². The molecule has 0 amide bonds. The second kappa shape index (κ2) is 7.69. The van der Waals surface area contributed by atoms with Gasteiger partial charge in [-0.05, 0) is 37.6 Å². The van der Waals surface area contributed by atoms with E-state index in [1.165, 1.54) is 10.7 Å². The second-order valence-corrected chi connectivity index (χ2v) is 5.60. The molecular formula is C19H19N3O4. The van der Waals surface area contributed by atoms with E-state index >= 15 is 0 Å². The van der Waals surface area contributed by atoms with Crippen molar-refractivity contribution in [3.8, 4) is 5.69 Å². The van der Waals surface area contributed by atoms with Gasteiger partial charge < -0.3 is 14.5 Å². The molecule has 26 heavy (non-hydrogen) atoms. The summed E-state index contributed by atoms with van der Waals surface area (Å²) in [5, 5.41) is 7.28. The molecule has 1 N–H and O–H groups in total. The fourth-order valence-electron chi connectivity index (χ4n) is 2.51. The van der Waals surface area contributed by atoms with Crippen LogP contribution in [0.5, 0.6) is 0 Å². The zero-order valence-corrected chi connectivity index (χ0v) is 14.6. The molecule has 0 aliphatic heterocycles. The molecule has 2 heterocycles. The molecule has 134 valence electrons. The van der Waals surface area contributed by atoms with Gasteiger partial charge in [-0.15, -0.1) is 0 Å². The van der Waals surface area contributed by atoms with Gasteiger partial charge in [0.2, 0.25) is 0 Å². The number of rotatable bonds is 6. The molecule has 0 atom stereocenters. The summed E-state index contributed by atoms with van der Waals surface area (Å²) in [5.41, 5.74) is 1.47. The molecule has 3 aromatic rings. The summed E-state index contributed by atoms with van der Waals surface area (Å²) in [5.74, 6) is 0.0691. The van der Waals surface area contributed by atoms with Crippen LogP contribution in [0.3, 0.4) is 0 Å². The molecule has 0 spiro atoms. The Morgan fingerprint density at radius 1 is 1.27 bits per heavy atom. The Balaban J connectivity index is 2.03. The monoisotopic (exact) mass is 353 g/mol. The van der Waals surface area contributed by atoms with Crippen LogP contribution < -0.4 is 10.9 Å². The maximum Gasteiger partial charge on any atom is 0.360 e. The number of benzene rings is 1. The SMILES string of the molecule is CCOC(=O)c1nn(-c2ccccc2C)c(=O)cc1NCc1ccco1. The van der Waals surface area contributed by atoms with Crippen molar-refractivity contribution < 1.29 is 13.9 Å². The van der Waals surface area contributed by atoms with Crippen molar-refractivity contribution in [2.45, 2.75) is 20.4 Å². The van der Waals surface area contributed by atoms with Gasteiger partial charge in [-0.25, -0.2) is 4.79 Å². The number of para-hydroxylation sites is 1. The van der Waals surface area contributed by atoms with E-state index < -0.39 is 5.97 Å². The first kappa shape index (κ1) is 17.5. The Morgan fingerprint density at radius 3 is 2.77 bits per heavy atom. The maximum absolute atomic E-state index is 12.6. The van der Waals surface area contributed by atoms with Gasteiger partial charge in [-0.1, -0.05) is 18.2 Å². The molecular weight excluding hydrogens is 334 g/mol. The molecule has 7 nitrogen and oxygen atoms in total. The maximum atomic E-state index is 12.6. The zero-order chi connectivity index (χ0) is 18.5. The van der Waals surface area contributed by atoms with Crippen molar-refractivity contribution in [3.05, 3.63) is 76.1 Å². The van der Waals surface area contributed by atoms with E-state index in [2.05, 4.69) is 10.4 Å². The molecule has 0 aliphatic carbocycles. The normalized spacial score (nSPS) is 10.5. The number of ether oxygens (including phenoxy) is 1. The molecule has 0 saturated heterocycles. The predicted octanol–water partition coefficient (Wildman–Crippen LogP) is 2.92. The number of nitrogens with one attached hydrogen (secondary N) is 1. The lowest BCUT2D eigenvalue weighted by Gasteiger charge is -2.13. The fraction of sp³-hybridized carbons (Fsp3) is 0.211. The summed E-state index contributed by atoms with van der Waals surface area (Å²) >= 11 is 0. The highest BCUT2D eigenvalue weighted by atomic mass is 16.5. The largest absolute Gasteiger partial charge is 0.467 e. The first-order valence-electron chi connectivity index (χ1n) is 8.24. The molecule has 0 radical (unpaired) electrons. The molecule has 7 heteroatoms. The summed E-state index contributed by atoms with van der Waals surface area (Å²) in [6, 6.07) is 12.2. The number of hydrogen-bond acceptors (Lipinski definition) is 6. The number of aryl methyl sites for hydroxylation is 1. The van der Waals surface area contributed by atoms with Crippen molar-refractivity contribution in [3.63, 3.8) is 0 Å². The number of aromatic nitrogens is 2. The summed E-state index contributed by atoms with van der Waals surface area (Å²) < 4.78 is 11.6. The van der Waals surface area contributed by atoms with E-state index in [1.807, 2.05) is 25.1 Å². The fourth-order valence-corrected chi connectivity index (χ4v) is 2.51. The van der Waals surface area contributed by atoms with Gasteiger partial charge in [0.15, 0.2) is 5.69 Å². The highest BCUT2D eigenvalue weighted by molar-refractivity contribution is 5.93. The van der Waals surface area contributed by atoms with Crippen molar-refractivity contribution >= 4 is 11.7 Å². The minimum absolute atomic E-state index is 0.0428. The predicted molar refractivity (Wildman–Crippen MR) is 96.6 cm³/mol. The Bertz CT molecular complexity index is 961. The van der Waals surface area contributed by atoms with Crippen molar-refractivity contribution in [1.29, 1.82) is 0 Å². The van der Waals surface area contributed by atoms with E-state index in [1.54, 1.807) is 31.4 Å². The van der Waals surface area contributed by atoms with Gasteiger partial charge in [0, 0.05) is 6.07 Å². The number of carbonyl (C=O) groups excluding carboxylic acids is 1. The molecule has 1 aromatic carbocycles. The van der Waals surface area contributed by atoms with Gasteiger partial charge in [0.25, 0.3) is 5.56 Å². The van der Waals surface area contributed by atoms with Gasteiger partial charge in [0.1, 0.15) is 5.76 Å². The lowest BCUT2D eigenvalue weighted by atomic mass is 10.2. The van der Waals surface area contributed by atoms with Crippen LogP contribution in [0.25, 0.3) is 5.69 Å². The third-order valence-electron chi connectivity index (χ3n) is 3.78. The summed E-state index contributed by atoms with van der Waals surface area (Å²) in [6.45, 7) is 4.11. The molecule has 0 aliphatic rings. The number of nitrogens with zero attached hydrogens (tertiary/aromatic N) is 2. The summed E-state index contributed by atoms with van der Waals surface area (Å²) in [7, 11) is 0. The minimum atomic E-state index is -0.600. The Morgan fingerprint density at radius 2 is 2.08 bits per heavy atom. The number of esters is 1. The Labute approximate surface area is 150 Å². The van der Waals surface area contributed by atoms with Crippen LogP contribution in [-0.4, -0.2) is 22.4 Å². The molecule has 0 bridgehead atoms. The lowest BCUT2D eigenvalue weighted by Crippen LogP contribution is -2.26. The van der Waals surface area contributed by atoms with Crippen molar-refractivity contribution in [2.24, 2.45) is 0 Å². The first-order valence-corrected chi connectivity index (χ1v) is 8.24. The number of anilines is 1. The van der Waals surface area contributed by atoms with Crippen LogP contribution in [0.15, 0.2) is 57.9 Å². The van der Waals surface area contributed by atoms with Gasteiger partial charge in [-0.3, -0.25) is 4.79 Å². The van der Waals surface area contributed by atoms with E-state index in [4.69, 9.17) is 9.15 Å². The van der Waals surface area contributed by atoms with Gasteiger partial charge in [0.05, 0.1) is 30.8 Å². The van der Waals surface area contributed by atoms with E-state index in [-0.39, 0.29) is 17.9 Å². The van der Waals surface area contributed by atoms with Crippen LogP contribution in [0, 0.1) is 6.92 Å². The second-order valence-electron chi connectivity index (χ2n) is 5.60. The number of furan rings is 1. The quantitative estimate of drug-likeness (QED) is 0.686. The van der Waals surface area contributed by atoms with Gasteiger partial charge in [-0.2, -0.15) is 9.78 Å². The zero-order valence-electron chi connectivity index (χ0n) is 14.6. The molecule has 3 rings (SSSR count). The number of carbonyl (C=O) groups is 1. The molecule has 0 fully saturated rings. The summed E-state index contributed by atoms with van der Waals surface area (Å²) in [4.78, 5) is 24.9. The topological polar surface area (TPSA) is 86.4 Å². The smallest absolute Gasteiger partial charge is 0.360 e. The molecule has 0 saturated carbocycles. The van der Waals surface area contributed by atoms with Crippen molar-refractivity contribution in [1.82, 2.24) is 9.78 Å². The van der Waals surface area contributed by atoms with E-state index in [0.29, 0.717) is 23.7 Å². The number of hydrogen-bond donors (Lipinski definition) is 1. The average molecular weight is 353 g/mol. The first-order chi connectivity index (χ1) is 12.6. The van der Waals surface area contributed by atoms with E-state index in [9.17, 15) is 9.59 Å². The van der Waals surface area contributed by atoms with Crippen LogP contribution in [0.1, 0.15) is 28.7 Å². The van der Waals surface area contributed by atoms with Crippen LogP contribution in [0.4, 0.5) is 5.69 Å². The Hall–Kier alpha value is -3.35. The van der Waals surface area contributed by atoms with Crippen molar-refractivity contribution in [2.75, 3.05) is 11.9 Å². The van der Waals surface area contributed by atoms with Crippen LogP contribution >= 0.6 is 0 Å².